The number of nitrogens with zero attached hydrogens (tertiary/aromatic N) is 3. The van der Waals surface area contributed by atoms with Crippen LogP contribution in [0.1, 0.15) is 18.4 Å². The highest BCUT2D eigenvalue weighted by atomic mass is 15.3. The molecule has 2 N–H and O–H groups in total. The quantitative estimate of drug-likeness (QED) is 0.778. The molecule has 0 saturated carbocycles. The average molecular weight is 307 g/mol. The van der Waals surface area contributed by atoms with E-state index in [0.717, 1.165) is 30.7 Å². The molecule has 23 heavy (non-hydrogen) atoms. The lowest BCUT2D eigenvalue weighted by Crippen LogP contribution is -2.43. The molecule has 0 radical (unpaired) electrons. The van der Waals surface area contributed by atoms with Crippen LogP contribution in [0.2, 0.25) is 0 Å². The fraction of sp³-hybridized carbons (Fsp3) is 0.333. The summed E-state index contributed by atoms with van der Waals surface area (Å²) in [6.07, 6.45) is 2.34. The van der Waals surface area contributed by atoms with Crippen LogP contribution in [0, 0.1) is 0 Å². The minimum absolute atomic E-state index is 0.556. The Balaban J connectivity index is 1.67. The number of H-pyrrole nitrogens is 1. The van der Waals surface area contributed by atoms with E-state index in [2.05, 4.69) is 74.2 Å². The lowest BCUT2D eigenvalue weighted by atomic mass is 10.0. The first-order chi connectivity index (χ1) is 11.4. The van der Waals surface area contributed by atoms with Crippen LogP contribution in [0.5, 0.6) is 0 Å². The van der Waals surface area contributed by atoms with Gasteiger partial charge in [-0.15, -0.1) is 5.10 Å². The Morgan fingerprint density at radius 3 is 2.70 bits per heavy atom. The molecule has 118 valence electrons. The van der Waals surface area contributed by atoms with Gasteiger partial charge in [-0.3, -0.25) is 5.10 Å². The average Bonchev–Trinajstić information content (AvgIpc) is 3.09. The zero-order chi connectivity index (χ0) is 15.5. The fourth-order valence-corrected chi connectivity index (χ4v) is 3.34. The zero-order valence-corrected chi connectivity index (χ0v) is 13.1. The molecule has 1 aliphatic heterocycles. The molecular formula is C18H21N5. The van der Waals surface area contributed by atoms with Crippen LogP contribution < -0.4 is 10.2 Å². The topological polar surface area (TPSA) is 56.8 Å². The lowest BCUT2D eigenvalue weighted by Gasteiger charge is -2.36. The molecule has 1 saturated heterocycles. The van der Waals surface area contributed by atoms with E-state index in [1.165, 1.54) is 24.1 Å². The van der Waals surface area contributed by atoms with Gasteiger partial charge in [0.25, 0.3) is 0 Å². The second-order valence-corrected chi connectivity index (χ2v) is 6.11. The molecule has 5 nitrogen and oxygen atoms in total. The highest BCUT2D eigenvalue weighted by molar-refractivity contribution is 5.78. The van der Waals surface area contributed by atoms with Crippen molar-refractivity contribution in [1.29, 1.82) is 0 Å². The van der Waals surface area contributed by atoms with Gasteiger partial charge >= 0.3 is 0 Å². The number of hydrogen-bond acceptors (Lipinski definition) is 4. The Morgan fingerprint density at radius 2 is 1.87 bits per heavy atom. The van der Waals surface area contributed by atoms with Gasteiger partial charge < -0.3 is 10.2 Å². The van der Waals surface area contributed by atoms with Crippen molar-refractivity contribution in [1.82, 2.24) is 20.7 Å². The van der Waals surface area contributed by atoms with Crippen LogP contribution in [0.25, 0.3) is 11.0 Å². The third-order valence-corrected chi connectivity index (χ3v) is 4.59. The minimum Gasteiger partial charge on any atom is -0.364 e. The van der Waals surface area contributed by atoms with Crippen molar-refractivity contribution in [3.63, 3.8) is 0 Å². The summed E-state index contributed by atoms with van der Waals surface area (Å²) in [6.45, 7) is 3.10. The van der Waals surface area contributed by atoms with E-state index in [9.17, 15) is 0 Å². The Morgan fingerprint density at radius 1 is 1.04 bits per heavy atom. The summed E-state index contributed by atoms with van der Waals surface area (Å²) in [5.74, 6) is 0. The van der Waals surface area contributed by atoms with Gasteiger partial charge in [-0.05, 0) is 49.7 Å². The Labute approximate surface area is 135 Å². The molecule has 0 unspecified atom stereocenters. The lowest BCUT2D eigenvalue weighted by molar-refractivity contribution is 0.428. The van der Waals surface area contributed by atoms with Crippen molar-refractivity contribution in [2.75, 3.05) is 18.0 Å². The summed E-state index contributed by atoms with van der Waals surface area (Å²) in [5, 5.41) is 14.4. The molecule has 4 rings (SSSR count). The number of anilines is 1. The van der Waals surface area contributed by atoms with Crippen LogP contribution in [0.4, 0.5) is 5.69 Å². The third-order valence-electron chi connectivity index (χ3n) is 4.59. The zero-order valence-electron chi connectivity index (χ0n) is 13.1. The Kier molecular flexibility index (Phi) is 3.94. The third kappa shape index (κ3) is 3.05. The van der Waals surface area contributed by atoms with Crippen molar-refractivity contribution in [3.8, 4) is 0 Å². The van der Waals surface area contributed by atoms with Gasteiger partial charge in [-0.2, -0.15) is 0 Å². The number of hydrogen-bond donors (Lipinski definition) is 2. The van der Waals surface area contributed by atoms with Crippen molar-refractivity contribution >= 4 is 16.7 Å². The minimum atomic E-state index is 0.556. The maximum Gasteiger partial charge on any atom is 0.114 e. The summed E-state index contributed by atoms with van der Waals surface area (Å²) >= 11 is 0. The molecule has 0 aliphatic carbocycles. The van der Waals surface area contributed by atoms with Crippen LogP contribution in [-0.4, -0.2) is 34.5 Å². The number of rotatable bonds is 4. The van der Waals surface area contributed by atoms with Crippen molar-refractivity contribution in [2.24, 2.45) is 0 Å². The SMILES string of the molecule is c1ccc(CN(c2ccc3[nH]nnc3c2)C2CCNCC2)cc1. The normalized spacial score (nSPS) is 15.8. The Bertz CT molecular complexity index is 761. The first kappa shape index (κ1) is 14.2. The number of benzene rings is 2. The largest absolute Gasteiger partial charge is 0.364 e. The first-order valence-electron chi connectivity index (χ1n) is 8.22. The van der Waals surface area contributed by atoms with E-state index in [1.807, 2.05) is 0 Å². The molecule has 0 bridgehead atoms. The van der Waals surface area contributed by atoms with Gasteiger partial charge in [0.2, 0.25) is 0 Å². The summed E-state index contributed by atoms with van der Waals surface area (Å²) in [5.41, 5.74) is 4.47. The molecule has 0 amide bonds. The molecular weight excluding hydrogens is 286 g/mol. The number of fused-ring (bicyclic) bond motifs is 1. The second kappa shape index (κ2) is 6.38. The van der Waals surface area contributed by atoms with Crippen LogP contribution in [0.15, 0.2) is 48.5 Å². The van der Waals surface area contributed by atoms with Gasteiger partial charge in [-0.1, -0.05) is 35.5 Å². The van der Waals surface area contributed by atoms with Crippen molar-refractivity contribution < 1.29 is 0 Å². The van der Waals surface area contributed by atoms with Gasteiger partial charge in [0.1, 0.15) is 5.52 Å². The maximum atomic E-state index is 4.17. The molecule has 2 aromatic carbocycles. The summed E-state index contributed by atoms with van der Waals surface area (Å²) < 4.78 is 0. The van der Waals surface area contributed by atoms with Crippen LogP contribution >= 0.6 is 0 Å². The monoisotopic (exact) mass is 307 g/mol. The molecule has 2 heterocycles. The van der Waals surface area contributed by atoms with Gasteiger partial charge in [0.05, 0.1) is 5.52 Å². The van der Waals surface area contributed by atoms with E-state index in [0.29, 0.717) is 6.04 Å². The van der Waals surface area contributed by atoms with E-state index >= 15 is 0 Å². The maximum absolute atomic E-state index is 4.17. The standard InChI is InChI=1S/C18H21N5/c1-2-4-14(5-3-1)13-23(15-8-10-19-11-9-15)16-6-7-17-18(12-16)21-22-20-17/h1-7,12,15,19H,8-11,13H2,(H,20,21,22). The molecule has 0 atom stereocenters. The van der Waals surface area contributed by atoms with Gasteiger partial charge in [0, 0.05) is 18.3 Å². The molecule has 3 aromatic rings. The molecule has 1 fully saturated rings. The van der Waals surface area contributed by atoms with Gasteiger partial charge in [0.15, 0.2) is 0 Å². The summed E-state index contributed by atoms with van der Waals surface area (Å²) in [7, 11) is 0. The molecule has 5 heteroatoms. The predicted octanol–water partition coefficient (Wildman–Crippen LogP) is 2.72. The van der Waals surface area contributed by atoms with Crippen molar-refractivity contribution in [2.45, 2.75) is 25.4 Å². The van der Waals surface area contributed by atoms with E-state index in [4.69, 9.17) is 0 Å². The van der Waals surface area contributed by atoms with Crippen molar-refractivity contribution in [3.05, 3.63) is 54.1 Å². The van der Waals surface area contributed by atoms with Crippen LogP contribution in [-0.2, 0) is 6.54 Å². The highest BCUT2D eigenvalue weighted by Gasteiger charge is 2.22. The number of piperidine rings is 1. The molecule has 0 spiro atoms. The molecule has 1 aliphatic rings. The summed E-state index contributed by atoms with van der Waals surface area (Å²) in [4.78, 5) is 2.52. The Hall–Kier alpha value is -2.40. The smallest absolute Gasteiger partial charge is 0.114 e. The fourth-order valence-electron chi connectivity index (χ4n) is 3.34. The van der Waals surface area contributed by atoms with E-state index in [-0.39, 0.29) is 0 Å². The first-order valence-corrected chi connectivity index (χ1v) is 8.22. The van der Waals surface area contributed by atoms with E-state index < -0.39 is 0 Å². The van der Waals surface area contributed by atoms with Gasteiger partial charge in [-0.25, -0.2) is 0 Å². The summed E-state index contributed by atoms with van der Waals surface area (Å²) in [6, 6.07) is 17.6. The number of aromatic nitrogens is 3. The predicted molar refractivity (Wildman–Crippen MR) is 92.4 cm³/mol. The number of aromatic amines is 1. The second-order valence-electron chi connectivity index (χ2n) is 6.11. The van der Waals surface area contributed by atoms with Crippen LogP contribution in [0.3, 0.4) is 0 Å². The molecule has 1 aromatic heterocycles. The number of nitrogens with one attached hydrogen (secondary N) is 2. The van der Waals surface area contributed by atoms with E-state index in [1.54, 1.807) is 0 Å². The highest BCUT2D eigenvalue weighted by Crippen LogP contribution is 2.26.